The number of rotatable bonds is 2. The molecule has 8 heteroatoms. The van der Waals surface area contributed by atoms with E-state index in [2.05, 4.69) is 9.41 Å². The number of amides is 1. The lowest BCUT2D eigenvalue weighted by molar-refractivity contribution is 0.0995. The maximum atomic E-state index is 11.9. The molecule has 1 aromatic carbocycles. The monoisotopic (exact) mass is 355 g/mol. The van der Waals surface area contributed by atoms with Crippen molar-refractivity contribution in [2.45, 2.75) is 13.8 Å². The van der Waals surface area contributed by atoms with E-state index in [1.54, 1.807) is 19.1 Å². The molecule has 1 heterocycles. The number of hydrogen-bond donors (Lipinski definition) is 1. The topological polar surface area (TPSA) is 89.1 Å². The fourth-order valence-corrected chi connectivity index (χ4v) is 2.15. The van der Waals surface area contributed by atoms with Crippen molar-refractivity contribution in [3.8, 4) is 11.5 Å². The fraction of sp³-hybridized carbons (Fsp3) is 0.133. The minimum atomic E-state index is -1.13. The van der Waals surface area contributed by atoms with Crippen LogP contribution < -0.4 is 10.4 Å². The Morgan fingerprint density at radius 3 is 2.61 bits per heavy atom. The molecule has 0 spiro atoms. The fourth-order valence-electron chi connectivity index (χ4n) is 1.81. The molecule has 120 valence electrons. The molecular formula is C15H11Cl2NO5. The van der Waals surface area contributed by atoms with Crippen LogP contribution >= 0.6 is 23.2 Å². The summed E-state index contributed by atoms with van der Waals surface area (Å²) in [6, 6.07) is 6.24. The van der Waals surface area contributed by atoms with Crippen molar-refractivity contribution < 1.29 is 19.1 Å². The Balaban J connectivity index is 2.27. The van der Waals surface area contributed by atoms with Crippen LogP contribution in [-0.4, -0.2) is 16.4 Å². The number of nitrogens with zero attached hydrogens (tertiary/aromatic N) is 1. The molecule has 1 amide bonds. The van der Waals surface area contributed by atoms with Gasteiger partial charge in [0.25, 0.3) is 11.3 Å². The predicted molar refractivity (Wildman–Crippen MR) is 85.8 cm³/mol. The minimum absolute atomic E-state index is 0.356. The summed E-state index contributed by atoms with van der Waals surface area (Å²) < 4.78 is 9.77. The number of aliphatic imine (C=N–C) groups is 1. The molecule has 0 aliphatic heterocycles. The molecule has 0 atom stereocenters. The molecule has 1 N–H and O–H groups in total. The normalized spacial score (nSPS) is 11.4. The molecular weight excluding hydrogens is 345 g/mol. The quantitative estimate of drug-likeness (QED) is 0.658. The van der Waals surface area contributed by atoms with E-state index in [0.29, 0.717) is 5.75 Å². The van der Waals surface area contributed by atoms with Gasteiger partial charge in [-0.2, -0.15) is 4.99 Å². The average Bonchev–Trinajstić information content (AvgIpc) is 2.40. The van der Waals surface area contributed by atoms with Crippen molar-refractivity contribution >= 4 is 34.5 Å². The molecule has 0 unspecified atom stereocenters. The minimum Gasteiger partial charge on any atom is -0.507 e. The summed E-state index contributed by atoms with van der Waals surface area (Å²) in [6.07, 6.45) is 0. The first kappa shape index (κ1) is 17.1. The second kappa shape index (κ2) is 6.85. The van der Waals surface area contributed by atoms with Crippen molar-refractivity contribution in [3.05, 3.63) is 56.6 Å². The van der Waals surface area contributed by atoms with Crippen molar-refractivity contribution in [1.29, 1.82) is 0 Å². The zero-order valence-corrected chi connectivity index (χ0v) is 13.6. The maximum absolute atomic E-state index is 11.9. The van der Waals surface area contributed by atoms with Gasteiger partial charge in [-0.1, -0.05) is 17.7 Å². The third-order valence-corrected chi connectivity index (χ3v) is 3.18. The first-order chi connectivity index (χ1) is 10.8. The van der Waals surface area contributed by atoms with Gasteiger partial charge in [0.1, 0.15) is 11.5 Å². The van der Waals surface area contributed by atoms with E-state index in [1.807, 2.05) is 13.0 Å². The summed E-state index contributed by atoms with van der Waals surface area (Å²) in [6.45, 7) is 3.71. The van der Waals surface area contributed by atoms with Crippen LogP contribution in [0, 0.1) is 13.8 Å². The second-order valence-electron chi connectivity index (χ2n) is 4.64. The zero-order chi connectivity index (χ0) is 17.1. The molecule has 0 aliphatic carbocycles. The first-order valence-electron chi connectivity index (χ1n) is 6.34. The molecule has 2 aromatic rings. The molecule has 0 radical (unpaired) electrons. The number of aromatic hydroxyl groups is 1. The standard InChI is InChI=1S/C15H11Cl2NO5/c1-7-3-4-10(8(2)5-7)22-15(17)18-13(20)12-9(19)6-11(16)23-14(12)21/h3-6,19H,1-2H3. The Kier molecular flexibility index (Phi) is 5.08. The van der Waals surface area contributed by atoms with Crippen LogP contribution in [0.1, 0.15) is 21.5 Å². The van der Waals surface area contributed by atoms with E-state index in [1.165, 1.54) is 0 Å². The number of hydrogen-bond acceptors (Lipinski definition) is 5. The number of halogens is 2. The summed E-state index contributed by atoms with van der Waals surface area (Å²) in [7, 11) is 0. The lowest BCUT2D eigenvalue weighted by Crippen LogP contribution is -2.14. The Morgan fingerprint density at radius 1 is 1.30 bits per heavy atom. The van der Waals surface area contributed by atoms with Crippen LogP contribution in [-0.2, 0) is 0 Å². The number of ether oxygens (including phenoxy) is 1. The highest BCUT2D eigenvalue weighted by Crippen LogP contribution is 2.21. The van der Waals surface area contributed by atoms with Crippen molar-refractivity contribution in [2.24, 2.45) is 4.99 Å². The largest absolute Gasteiger partial charge is 0.507 e. The van der Waals surface area contributed by atoms with Gasteiger partial charge in [0, 0.05) is 6.07 Å². The van der Waals surface area contributed by atoms with Gasteiger partial charge in [0.15, 0.2) is 5.56 Å². The smallest absolute Gasteiger partial charge is 0.353 e. The zero-order valence-electron chi connectivity index (χ0n) is 12.1. The van der Waals surface area contributed by atoms with Crippen molar-refractivity contribution in [3.63, 3.8) is 0 Å². The predicted octanol–water partition coefficient (Wildman–Crippen LogP) is 3.43. The second-order valence-corrected chi connectivity index (χ2v) is 5.33. The Morgan fingerprint density at radius 2 is 2.00 bits per heavy atom. The highest BCUT2D eigenvalue weighted by Gasteiger charge is 2.19. The van der Waals surface area contributed by atoms with E-state index < -0.39 is 28.2 Å². The molecule has 23 heavy (non-hydrogen) atoms. The number of benzene rings is 1. The lowest BCUT2D eigenvalue weighted by Gasteiger charge is -2.07. The summed E-state index contributed by atoms with van der Waals surface area (Å²) in [5.74, 6) is -1.36. The van der Waals surface area contributed by atoms with Crippen LogP contribution in [0.15, 0.2) is 38.5 Å². The van der Waals surface area contributed by atoms with Gasteiger partial charge in [-0.15, -0.1) is 0 Å². The van der Waals surface area contributed by atoms with Crippen molar-refractivity contribution in [2.75, 3.05) is 0 Å². The van der Waals surface area contributed by atoms with E-state index in [9.17, 15) is 14.7 Å². The lowest BCUT2D eigenvalue weighted by atomic mass is 10.1. The average molecular weight is 356 g/mol. The highest BCUT2D eigenvalue weighted by molar-refractivity contribution is 6.64. The number of carbonyl (C=O) groups is 1. The number of aryl methyl sites for hydroxylation is 2. The Hall–Kier alpha value is -2.31. The van der Waals surface area contributed by atoms with Gasteiger partial charge >= 0.3 is 5.63 Å². The highest BCUT2D eigenvalue weighted by atomic mass is 35.5. The van der Waals surface area contributed by atoms with Crippen molar-refractivity contribution in [1.82, 2.24) is 0 Å². The molecule has 1 aromatic heterocycles. The molecule has 6 nitrogen and oxygen atoms in total. The van der Waals surface area contributed by atoms with E-state index in [0.717, 1.165) is 17.2 Å². The van der Waals surface area contributed by atoms with Crippen LogP contribution in [0.25, 0.3) is 0 Å². The van der Waals surface area contributed by atoms with E-state index in [4.69, 9.17) is 27.9 Å². The summed E-state index contributed by atoms with van der Waals surface area (Å²) >= 11 is 11.2. The third-order valence-electron chi connectivity index (χ3n) is 2.83. The summed E-state index contributed by atoms with van der Waals surface area (Å²) in [5, 5.41) is 8.74. The SMILES string of the molecule is Cc1ccc(OC(Cl)=NC(=O)c2c(O)cc(Cl)oc2=O)c(C)c1. The Bertz CT molecular complexity index is 857. The van der Waals surface area contributed by atoms with Crippen LogP contribution in [0.5, 0.6) is 11.5 Å². The van der Waals surface area contributed by atoms with Crippen LogP contribution in [0.2, 0.25) is 5.22 Å². The van der Waals surface area contributed by atoms with E-state index >= 15 is 0 Å². The van der Waals surface area contributed by atoms with Gasteiger partial charge in [-0.25, -0.2) is 4.79 Å². The first-order valence-corrected chi connectivity index (χ1v) is 7.09. The van der Waals surface area contributed by atoms with Gasteiger partial charge in [-0.3, -0.25) is 4.79 Å². The van der Waals surface area contributed by atoms with Gasteiger partial charge in [0.2, 0.25) is 5.22 Å². The molecule has 2 rings (SSSR count). The Labute approximate surface area is 140 Å². The molecule has 0 saturated carbocycles. The van der Waals surface area contributed by atoms with Crippen LogP contribution in [0.4, 0.5) is 0 Å². The van der Waals surface area contributed by atoms with Gasteiger partial charge in [-0.05, 0) is 48.7 Å². The molecule has 0 fully saturated rings. The van der Waals surface area contributed by atoms with Crippen LogP contribution in [0.3, 0.4) is 0 Å². The summed E-state index contributed by atoms with van der Waals surface area (Å²) in [5.41, 5.74) is 0.0128. The molecule has 0 aliphatic rings. The van der Waals surface area contributed by atoms with Gasteiger partial charge < -0.3 is 14.3 Å². The maximum Gasteiger partial charge on any atom is 0.353 e. The third kappa shape index (κ3) is 4.12. The molecule has 0 bridgehead atoms. The van der Waals surface area contributed by atoms with Gasteiger partial charge in [0.05, 0.1) is 0 Å². The number of carbonyl (C=O) groups excluding carboxylic acids is 1. The summed E-state index contributed by atoms with van der Waals surface area (Å²) in [4.78, 5) is 26.9. The van der Waals surface area contributed by atoms with E-state index in [-0.39, 0.29) is 5.22 Å². The molecule has 0 saturated heterocycles.